The minimum atomic E-state index is -1.24. The zero-order valence-electron chi connectivity index (χ0n) is 16.2. The van der Waals surface area contributed by atoms with E-state index in [1.165, 1.54) is 19.2 Å². The number of halogens is 3. The molecule has 0 unspecified atom stereocenters. The number of hydrogen-bond acceptors (Lipinski definition) is 6. The number of nitrogens with one attached hydrogen (secondary N) is 1. The summed E-state index contributed by atoms with van der Waals surface area (Å²) in [7, 11) is 1.28. The molecule has 0 radical (unpaired) electrons. The van der Waals surface area contributed by atoms with Gasteiger partial charge in [-0.05, 0) is 47.7 Å². The van der Waals surface area contributed by atoms with E-state index in [-0.39, 0.29) is 29.9 Å². The van der Waals surface area contributed by atoms with Crippen molar-refractivity contribution < 1.29 is 18.6 Å². The predicted octanol–water partition coefficient (Wildman–Crippen LogP) is 2.12. The van der Waals surface area contributed by atoms with E-state index in [1.54, 1.807) is 13.0 Å². The standard InChI is InChI=1S/C19H19F2IN4O4/c1-3-30-8-11(27)7-26-9-23-17-14(18(26)28)16(15(21)19(29)25(17)2)24-13-5-4-10(22)6-12(13)20/h4-6,9,11,24,27H,3,7-8H2,1-2H3/t11-/m1/s1. The van der Waals surface area contributed by atoms with E-state index >= 15 is 0 Å². The van der Waals surface area contributed by atoms with Gasteiger partial charge in [0.15, 0.2) is 5.65 Å². The lowest BCUT2D eigenvalue weighted by molar-refractivity contribution is 0.0329. The van der Waals surface area contributed by atoms with Crippen molar-refractivity contribution in [1.29, 1.82) is 0 Å². The normalized spacial score (nSPS) is 12.3. The maximum atomic E-state index is 14.9. The van der Waals surface area contributed by atoms with Gasteiger partial charge < -0.3 is 15.2 Å². The SMILES string of the molecule is CCOC[C@H](O)Cn1cnc2c(c(Nc3ccc(I)cc3F)c(F)c(=O)n2C)c1=O. The molecule has 0 saturated carbocycles. The largest absolute Gasteiger partial charge is 0.389 e. The Labute approximate surface area is 183 Å². The summed E-state index contributed by atoms with van der Waals surface area (Å²) in [6.07, 6.45) is 0.163. The third kappa shape index (κ3) is 4.37. The highest BCUT2D eigenvalue weighted by atomic mass is 127. The van der Waals surface area contributed by atoms with Crippen LogP contribution < -0.4 is 16.4 Å². The molecule has 8 nitrogen and oxygen atoms in total. The summed E-state index contributed by atoms with van der Waals surface area (Å²) in [5.41, 5.74) is -2.36. The number of nitrogens with zero attached hydrogens (tertiary/aromatic N) is 3. The fraction of sp³-hybridized carbons (Fsp3) is 0.316. The first-order chi connectivity index (χ1) is 14.2. The summed E-state index contributed by atoms with van der Waals surface area (Å²) in [5.74, 6) is -1.92. The number of anilines is 2. The van der Waals surface area contributed by atoms with Gasteiger partial charge in [-0.25, -0.2) is 9.37 Å². The lowest BCUT2D eigenvalue weighted by Crippen LogP contribution is -2.32. The van der Waals surface area contributed by atoms with Crippen LogP contribution in [0.2, 0.25) is 0 Å². The molecule has 11 heteroatoms. The topological polar surface area (TPSA) is 98.4 Å². The second kappa shape index (κ2) is 9.18. The fourth-order valence-corrected chi connectivity index (χ4v) is 3.37. The van der Waals surface area contributed by atoms with E-state index in [2.05, 4.69) is 10.3 Å². The van der Waals surface area contributed by atoms with Gasteiger partial charge in [-0.3, -0.25) is 18.7 Å². The number of aromatic nitrogens is 3. The molecular weight excluding hydrogens is 513 g/mol. The number of ether oxygens (including phenoxy) is 1. The molecule has 1 atom stereocenters. The number of aryl methyl sites for hydroxylation is 1. The van der Waals surface area contributed by atoms with E-state index in [0.717, 1.165) is 15.5 Å². The Morgan fingerprint density at radius 3 is 2.70 bits per heavy atom. The van der Waals surface area contributed by atoms with E-state index < -0.39 is 34.5 Å². The van der Waals surface area contributed by atoms with Crippen molar-refractivity contribution in [2.24, 2.45) is 7.05 Å². The maximum Gasteiger partial charge on any atom is 0.290 e. The molecule has 3 aromatic rings. The zero-order valence-corrected chi connectivity index (χ0v) is 18.3. The molecule has 0 amide bonds. The Morgan fingerprint density at radius 2 is 2.03 bits per heavy atom. The number of aliphatic hydroxyl groups excluding tert-OH is 1. The van der Waals surface area contributed by atoms with Crippen molar-refractivity contribution in [3.05, 3.63) is 60.4 Å². The molecule has 0 bridgehead atoms. The molecule has 0 aliphatic heterocycles. The third-order valence-electron chi connectivity index (χ3n) is 4.41. The van der Waals surface area contributed by atoms with Gasteiger partial charge in [-0.15, -0.1) is 0 Å². The lowest BCUT2D eigenvalue weighted by atomic mass is 10.2. The first-order valence-electron chi connectivity index (χ1n) is 9.00. The van der Waals surface area contributed by atoms with Crippen molar-refractivity contribution in [2.45, 2.75) is 19.6 Å². The van der Waals surface area contributed by atoms with Crippen LogP contribution in [0.5, 0.6) is 0 Å². The summed E-state index contributed by atoms with van der Waals surface area (Å²) in [4.78, 5) is 29.4. The van der Waals surface area contributed by atoms with Crippen LogP contribution in [-0.4, -0.2) is 38.5 Å². The van der Waals surface area contributed by atoms with Gasteiger partial charge in [0, 0.05) is 17.2 Å². The second-order valence-corrected chi connectivity index (χ2v) is 7.76. The molecule has 0 aliphatic rings. The smallest absolute Gasteiger partial charge is 0.290 e. The average Bonchev–Trinajstić information content (AvgIpc) is 2.71. The molecule has 0 fully saturated rings. The summed E-state index contributed by atoms with van der Waals surface area (Å²) in [6, 6.07) is 4.19. The van der Waals surface area contributed by atoms with Crippen molar-refractivity contribution in [1.82, 2.24) is 14.1 Å². The van der Waals surface area contributed by atoms with Crippen LogP contribution >= 0.6 is 22.6 Å². The predicted molar refractivity (Wildman–Crippen MR) is 116 cm³/mol. The van der Waals surface area contributed by atoms with Crippen LogP contribution in [0.3, 0.4) is 0 Å². The van der Waals surface area contributed by atoms with Gasteiger partial charge in [-0.2, -0.15) is 4.39 Å². The summed E-state index contributed by atoms with van der Waals surface area (Å²) in [5, 5.41) is 12.3. The average molecular weight is 532 g/mol. The first kappa shape index (κ1) is 22.3. The minimum absolute atomic E-state index is 0.00157. The van der Waals surface area contributed by atoms with Crippen LogP contribution in [-0.2, 0) is 18.3 Å². The van der Waals surface area contributed by atoms with Gasteiger partial charge in [-0.1, -0.05) is 0 Å². The zero-order chi connectivity index (χ0) is 22.0. The number of pyridine rings is 1. The first-order valence-corrected chi connectivity index (χ1v) is 10.1. The van der Waals surface area contributed by atoms with Crippen LogP contribution in [0.15, 0.2) is 34.1 Å². The van der Waals surface area contributed by atoms with Gasteiger partial charge >= 0.3 is 0 Å². The Hall–Kier alpha value is -2.38. The Kier molecular flexibility index (Phi) is 6.83. The Morgan fingerprint density at radius 1 is 1.30 bits per heavy atom. The van der Waals surface area contributed by atoms with E-state index in [4.69, 9.17) is 4.74 Å². The highest BCUT2D eigenvalue weighted by Crippen LogP contribution is 2.26. The molecule has 2 aromatic heterocycles. The molecule has 160 valence electrons. The number of hydrogen-bond donors (Lipinski definition) is 2. The molecule has 2 N–H and O–H groups in total. The quantitative estimate of drug-likeness (QED) is 0.453. The highest BCUT2D eigenvalue weighted by Gasteiger charge is 2.21. The van der Waals surface area contributed by atoms with Gasteiger partial charge in [0.2, 0.25) is 5.82 Å². The minimum Gasteiger partial charge on any atom is -0.389 e. The number of rotatable bonds is 7. The molecule has 30 heavy (non-hydrogen) atoms. The van der Waals surface area contributed by atoms with Gasteiger partial charge in [0.1, 0.15) is 17.5 Å². The van der Waals surface area contributed by atoms with E-state index in [9.17, 15) is 23.5 Å². The van der Waals surface area contributed by atoms with Crippen molar-refractivity contribution in [3.8, 4) is 0 Å². The highest BCUT2D eigenvalue weighted by molar-refractivity contribution is 14.1. The monoisotopic (exact) mass is 532 g/mol. The van der Waals surface area contributed by atoms with E-state index in [0.29, 0.717) is 10.2 Å². The third-order valence-corrected chi connectivity index (χ3v) is 5.08. The second-order valence-electron chi connectivity index (χ2n) is 6.52. The summed E-state index contributed by atoms with van der Waals surface area (Å²) < 4.78 is 36.9. The summed E-state index contributed by atoms with van der Waals surface area (Å²) >= 11 is 1.92. The van der Waals surface area contributed by atoms with E-state index in [1.807, 2.05) is 22.6 Å². The van der Waals surface area contributed by atoms with Crippen molar-refractivity contribution in [3.63, 3.8) is 0 Å². The summed E-state index contributed by atoms with van der Waals surface area (Å²) in [6.45, 7) is 2.01. The molecule has 0 saturated heterocycles. The Bertz CT molecular complexity index is 1210. The van der Waals surface area contributed by atoms with Gasteiger partial charge in [0.25, 0.3) is 11.1 Å². The van der Waals surface area contributed by atoms with Crippen LogP contribution in [0.4, 0.5) is 20.2 Å². The maximum absolute atomic E-state index is 14.9. The van der Waals surface area contributed by atoms with Crippen LogP contribution in [0.25, 0.3) is 11.0 Å². The molecule has 0 spiro atoms. The molecule has 0 aliphatic carbocycles. The Balaban J connectivity index is 2.18. The number of fused-ring (bicyclic) bond motifs is 1. The van der Waals surface area contributed by atoms with Gasteiger partial charge in [0.05, 0.1) is 30.6 Å². The molecule has 3 rings (SSSR count). The number of aliphatic hydroxyl groups is 1. The lowest BCUT2D eigenvalue weighted by Gasteiger charge is -2.16. The van der Waals surface area contributed by atoms with Crippen molar-refractivity contribution >= 4 is 45.0 Å². The molecule has 2 heterocycles. The molecular formula is C19H19F2IN4O4. The van der Waals surface area contributed by atoms with Crippen LogP contribution in [0, 0.1) is 15.2 Å². The van der Waals surface area contributed by atoms with Crippen molar-refractivity contribution in [2.75, 3.05) is 18.5 Å². The molecule has 1 aromatic carbocycles. The van der Waals surface area contributed by atoms with Crippen LogP contribution in [0.1, 0.15) is 6.92 Å². The fourth-order valence-electron chi connectivity index (χ4n) is 2.92. The number of benzene rings is 1.